The number of carboxylic acids is 1. The largest absolute Gasteiger partial charge is 0.507 e. The van der Waals surface area contributed by atoms with Crippen molar-refractivity contribution >= 4 is 41.2 Å². The summed E-state index contributed by atoms with van der Waals surface area (Å²) in [4.78, 5) is 94.5. The number of aromatic hydroxyl groups is 2. The third kappa shape index (κ3) is 11.3. The number of ether oxygens (including phenoxy) is 1. The summed E-state index contributed by atoms with van der Waals surface area (Å²) in [6, 6.07) is 13.0. The number of carbonyl (C=O) groups is 7. The molecule has 4 bridgehead atoms. The van der Waals surface area contributed by atoms with Gasteiger partial charge in [-0.3, -0.25) is 28.8 Å². The van der Waals surface area contributed by atoms with Crippen LogP contribution in [0.3, 0.4) is 0 Å². The van der Waals surface area contributed by atoms with E-state index in [1.165, 1.54) is 69.2 Å². The van der Waals surface area contributed by atoms with Gasteiger partial charge < -0.3 is 40.5 Å². The molecule has 4 amide bonds. The van der Waals surface area contributed by atoms with Crippen molar-refractivity contribution in [2.45, 2.75) is 83.6 Å². The van der Waals surface area contributed by atoms with E-state index in [0.717, 1.165) is 10.5 Å². The van der Waals surface area contributed by atoms with Gasteiger partial charge in [0, 0.05) is 63.2 Å². The summed E-state index contributed by atoms with van der Waals surface area (Å²) < 4.78 is 5.77. The number of aliphatic carboxylic acids is 1. The number of nitrogens with one attached hydrogen (secondary N) is 2. The van der Waals surface area contributed by atoms with Crippen LogP contribution in [0.1, 0.15) is 69.2 Å². The van der Waals surface area contributed by atoms with E-state index < -0.39 is 65.3 Å². The molecule has 1 aliphatic heterocycles. The lowest BCUT2D eigenvalue weighted by Crippen LogP contribution is -2.53. The highest BCUT2D eigenvalue weighted by Crippen LogP contribution is 2.39. The number of nitrogens with zero attached hydrogens (tertiary/aromatic N) is 2. The third-order valence-electron chi connectivity index (χ3n) is 10.1. The van der Waals surface area contributed by atoms with Crippen LogP contribution in [0, 0.1) is 5.92 Å². The van der Waals surface area contributed by atoms with E-state index in [-0.39, 0.29) is 79.4 Å². The van der Waals surface area contributed by atoms with E-state index in [1.54, 1.807) is 6.92 Å². The Balaban J connectivity index is 1.52. The molecule has 4 rings (SSSR count). The van der Waals surface area contributed by atoms with Gasteiger partial charge in [0.1, 0.15) is 29.6 Å². The number of hydrogen-bond donors (Lipinski definition) is 5. The Morgan fingerprint density at radius 2 is 1.54 bits per heavy atom. The van der Waals surface area contributed by atoms with Crippen LogP contribution in [0.25, 0.3) is 11.1 Å². The van der Waals surface area contributed by atoms with Crippen LogP contribution in [0.2, 0.25) is 0 Å². The van der Waals surface area contributed by atoms with E-state index in [0.29, 0.717) is 5.56 Å². The number of rotatable bonds is 14. The van der Waals surface area contributed by atoms with Crippen LogP contribution >= 0.6 is 0 Å². The Labute approximate surface area is 331 Å². The summed E-state index contributed by atoms with van der Waals surface area (Å²) in [6.45, 7) is 4.65. The quantitative estimate of drug-likeness (QED) is 0.160. The second kappa shape index (κ2) is 19.7. The van der Waals surface area contributed by atoms with Crippen molar-refractivity contribution in [1.29, 1.82) is 0 Å². The highest BCUT2D eigenvalue weighted by Gasteiger charge is 2.34. The minimum atomic E-state index is -1.36. The molecule has 3 aromatic rings. The molecular weight excluding hydrogens is 736 g/mol. The van der Waals surface area contributed by atoms with Crippen molar-refractivity contribution < 1.29 is 53.6 Å². The van der Waals surface area contributed by atoms with Gasteiger partial charge in [0.05, 0.1) is 19.3 Å². The fraction of sp³-hybridized carbons (Fsp3) is 0.405. The average molecular weight is 787 g/mol. The Morgan fingerprint density at radius 1 is 0.895 bits per heavy atom. The maximum absolute atomic E-state index is 14.0. The summed E-state index contributed by atoms with van der Waals surface area (Å²) in [5.41, 5.74) is 1.80. The summed E-state index contributed by atoms with van der Waals surface area (Å²) >= 11 is 0. The van der Waals surface area contributed by atoms with E-state index in [4.69, 9.17) is 4.74 Å². The van der Waals surface area contributed by atoms with Crippen LogP contribution in [-0.4, -0.2) is 105 Å². The number of ketones is 2. The second-order valence-electron chi connectivity index (χ2n) is 14.3. The van der Waals surface area contributed by atoms with Gasteiger partial charge in [-0.25, -0.2) is 4.79 Å². The molecule has 0 spiro atoms. The summed E-state index contributed by atoms with van der Waals surface area (Å²) in [5.74, 6) is -6.11. The standard InChI is InChI=1S/C42H50N4O11/c1-6-37(51)45(4)32(23-57-22-26-10-8-7-9-11-26)41(54)43-25(3)33(47)16-17-38(52)46(5)39-28-13-15-35(49)30(21-28)29-19-27(12-14-34(29)48)20-31(42(55)56)44-40(53)24(2)18-36(39)50/h7-15,19,21,24-25,31-32,39,48-49H,6,16-18,20,22-23H2,1-5H3,(H,43,54)(H,44,53)(H,55,56)/t24-,25-,31+,32-,39+/m1/s1. The lowest BCUT2D eigenvalue weighted by molar-refractivity contribution is -0.143. The van der Waals surface area contributed by atoms with Crippen molar-refractivity contribution in [2.24, 2.45) is 5.92 Å². The molecule has 0 aromatic heterocycles. The number of fused-ring (bicyclic) bond motifs is 5. The molecule has 3 aromatic carbocycles. The molecule has 0 aliphatic carbocycles. The molecular formula is C42H50N4O11. The maximum Gasteiger partial charge on any atom is 0.326 e. The monoisotopic (exact) mass is 786 g/mol. The van der Waals surface area contributed by atoms with Crippen molar-refractivity contribution in [2.75, 3.05) is 20.7 Å². The number of carboxylic acid groups (broad SMARTS) is 1. The van der Waals surface area contributed by atoms with Crippen LogP contribution < -0.4 is 10.6 Å². The van der Waals surface area contributed by atoms with Gasteiger partial charge in [-0.05, 0) is 47.9 Å². The first kappa shape index (κ1) is 43.6. The molecule has 304 valence electrons. The minimum absolute atomic E-state index is 0.112. The molecule has 15 nitrogen and oxygen atoms in total. The van der Waals surface area contributed by atoms with Crippen molar-refractivity contribution in [3.8, 4) is 22.6 Å². The highest BCUT2D eigenvalue weighted by atomic mass is 16.5. The van der Waals surface area contributed by atoms with E-state index in [1.807, 2.05) is 30.3 Å². The first-order valence-electron chi connectivity index (χ1n) is 18.7. The third-order valence-corrected chi connectivity index (χ3v) is 10.1. The van der Waals surface area contributed by atoms with Crippen LogP contribution in [-0.2, 0) is 51.3 Å². The van der Waals surface area contributed by atoms with Gasteiger partial charge in [-0.2, -0.15) is 0 Å². The zero-order valence-electron chi connectivity index (χ0n) is 32.7. The number of phenols is 2. The highest BCUT2D eigenvalue weighted by molar-refractivity contribution is 5.96. The smallest absolute Gasteiger partial charge is 0.326 e. The molecule has 5 N–H and O–H groups in total. The first-order valence-corrected chi connectivity index (χ1v) is 18.7. The average Bonchev–Trinajstić information content (AvgIpc) is 3.18. The van der Waals surface area contributed by atoms with Gasteiger partial charge >= 0.3 is 5.97 Å². The lowest BCUT2D eigenvalue weighted by atomic mass is 9.89. The summed E-state index contributed by atoms with van der Waals surface area (Å²) in [7, 11) is 2.84. The lowest BCUT2D eigenvalue weighted by Gasteiger charge is -2.30. The topological polar surface area (TPSA) is 220 Å². The Bertz CT molecular complexity index is 1990. The fourth-order valence-electron chi connectivity index (χ4n) is 6.55. The molecule has 0 radical (unpaired) electrons. The first-order chi connectivity index (χ1) is 27.0. The minimum Gasteiger partial charge on any atom is -0.507 e. The van der Waals surface area contributed by atoms with E-state index in [2.05, 4.69) is 10.6 Å². The Morgan fingerprint density at radius 3 is 2.19 bits per heavy atom. The number of carbonyl (C=O) groups excluding carboxylic acids is 6. The number of hydrogen-bond acceptors (Lipinski definition) is 10. The van der Waals surface area contributed by atoms with E-state index in [9.17, 15) is 48.9 Å². The van der Waals surface area contributed by atoms with Crippen molar-refractivity contribution in [3.05, 3.63) is 83.4 Å². The second-order valence-corrected chi connectivity index (χ2v) is 14.3. The summed E-state index contributed by atoms with van der Waals surface area (Å²) in [6.07, 6.45) is -1.07. The van der Waals surface area contributed by atoms with Gasteiger partial charge in [0.2, 0.25) is 23.6 Å². The molecule has 0 saturated carbocycles. The maximum atomic E-state index is 14.0. The molecule has 57 heavy (non-hydrogen) atoms. The molecule has 0 fully saturated rings. The number of phenolic OH excluding ortho intramolecular Hbond substituents is 2. The number of Topliss-reactive ketones (excluding diaryl/α,β-unsaturated/α-hetero) is 2. The zero-order chi connectivity index (χ0) is 42.0. The normalized spacial score (nSPS) is 17.9. The van der Waals surface area contributed by atoms with Crippen LogP contribution in [0.5, 0.6) is 11.5 Å². The molecule has 15 heteroatoms. The molecule has 1 aliphatic rings. The van der Waals surface area contributed by atoms with Gasteiger partial charge in [-0.1, -0.05) is 56.3 Å². The Hall–Kier alpha value is -6.09. The SMILES string of the molecule is CCC(=O)N(C)[C@H](COCc1ccccc1)C(=O)N[C@H](C)C(=O)CCC(=O)N(C)[C@@H]1C(=O)C[C@@H](C)C(=O)N[C@H](C(=O)O)Cc2ccc(O)c(c2)-c2cc1ccc2O. The number of benzene rings is 3. The van der Waals surface area contributed by atoms with E-state index >= 15 is 0 Å². The van der Waals surface area contributed by atoms with Crippen molar-refractivity contribution in [1.82, 2.24) is 20.4 Å². The molecule has 5 atom stereocenters. The molecule has 0 unspecified atom stereocenters. The number of likely N-dealkylation sites (N-methyl/N-ethyl adjacent to an activating group) is 2. The summed E-state index contributed by atoms with van der Waals surface area (Å²) in [5, 5.41) is 36.6. The fourth-order valence-corrected chi connectivity index (χ4v) is 6.55. The van der Waals surface area contributed by atoms with Crippen LogP contribution in [0.4, 0.5) is 0 Å². The predicted octanol–water partition coefficient (Wildman–Crippen LogP) is 3.29. The predicted molar refractivity (Wildman–Crippen MR) is 208 cm³/mol. The number of amides is 4. The van der Waals surface area contributed by atoms with Gasteiger partial charge in [-0.15, -0.1) is 0 Å². The van der Waals surface area contributed by atoms with Crippen molar-refractivity contribution in [3.63, 3.8) is 0 Å². The Kier molecular flexibility index (Phi) is 15.1. The molecule has 1 heterocycles. The molecule has 0 saturated heterocycles. The van der Waals surface area contributed by atoms with Crippen LogP contribution in [0.15, 0.2) is 66.7 Å². The van der Waals surface area contributed by atoms with Gasteiger partial charge in [0.15, 0.2) is 11.6 Å². The van der Waals surface area contributed by atoms with Gasteiger partial charge in [0.25, 0.3) is 0 Å². The zero-order valence-corrected chi connectivity index (χ0v) is 32.7.